The second-order valence-corrected chi connectivity index (χ2v) is 9.12. The summed E-state index contributed by atoms with van der Waals surface area (Å²) in [6.07, 6.45) is 2.82. The smallest absolute Gasteiger partial charge is 0.338 e. The second kappa shape index (κ2) is 10.7. The molecule has 2 aliphatic heterocycles. The Kier molecular flexibility index (Phi) is 7.50. The molecule has 6 nitrogen and oxygen atoms in total. The first-order valence-electron chi connectivity index (χ1n) is 11.3. The third kappa shape index (κ3) is 5.30. The van der Waals surface area contributed by atoms with Gasteiger partial charge in [-0.05, 0) is 42.5 Å². The molecule has 7 heteroatoms. The van der Waals surface area contributed by atoms with Gasteiger partial charge in [0.05, 0.1) is 24.4 Å². The summed E-state index contributed by atoms with van der Waals surface area (Å²) in [5.41, 5.74) is 4.26. The largest absolute Gasteiger partial charge is 0.466 e. The molecule has 172 valence electrons. The van der Waals surface area contributed by atoms with Crippen LogP contribution in [0.2, 0.25) is 0 Å². The fourth-order valence-electron chi connectivity index (χ4n) is 4.23. The van der Waals surface area contributed by atoms with Crippen molar-refractivity contribution < 1.29 is 14.3 Å². The van der Waals surface area contributed by atoms with Crippen LogP contribution in [-0.2, 0) is 20.7 Å². The Morgan fingerprint density at radius 1 is 1.15 bits per heavy atom. The van der Waals surface area contributed by atoms with Crippen molar-refractivity contribution in [1.29, 1.82) is 0 Å². The number of allylic oxidation sites excluding steroid dienone is 1. The zero-order chi connectivity index (χ0) is 23.2. The molecule has 2 aromatic rings. The number of carbonyl (C=O) groups excluding carboxylic acids is 2. The van der Waals surface area contributed by atoms with Gasteiger partial charge in [-0.1, -0.05) is 61.2 Å². The zero-order valence-corrected chi connectivity index (χ0v) is 19.9. The van der Waals surface area contributed by atoms with Crippen molar-refractivity contribution in [3.63, 3.8) is 0 Å². The van der Waals surface area contributed by atoms with E-state index in [1.807, 2.05) is 61.5 Å². The van der Waals surface area contributed by atoms with Crippen LogP contribution in [0.4, 0.5) is 5.69 Å². The number of methoxy groups -OCH3 is 1. The summed E-state index contributed by atoms with van der Waals surface area (Å²) in [5.74, 6) is 0.670. The minimum atomic E-state index is -0.339. The van der Waals surface area contributed by atoms with Crippen molar-refractivity contribution in [1.82, 2.24) is 4.90 Å². The molecule has 1 saturated heterocycles. The third-order valence-electron chi connectivity index (χ3n) is 5.88. The lowest BCUT2D eigenvalue weighted by Crippen LogP contribution is -2.42. The van der Waals surface area contributed by atoms with Gasteiger partial charge in [0.2, 0.25) is 5.91 Å². The SMILES string of the molecule is CCC1=C(C(=O)OC)[C@@H](c2ccc(NC(=O)CCc3ccccc3)cc2)N2CCCSC2=N1. The van der Waals surface area contributed by atoms with Gasteiger partial charge < -0.3 is 15.0 Å². The van der Waals surface area contributed by atoms with E-state index in [4.69, 9.17) is 9.73 Å². The first kappa shape index (κ1) is 23.1. The molecule has 1 atom stereocenters. The molecule has 1 amide bonds. The van der Waals surface area contributed by atoms with Crippen molar-refractivity contribution in [2.75, 3.05) is 24.7 Å². The van der Waals surface area contributed by atoms with E-state index in [1.165, 1.54) is 7.11 Å². The maximum Gasteiger partial charge on any atom is 0.338 e. The normalized spacial score (nSPS) is 17.8. The van der Waals surface area contributed by atoms with E-state index in [-0.39, 0.29) is 17.9 Å². The Labute approximate surface area is 199 Å². The van der Waals surface area contributed by atoms with Crippen LogP contribution in [0.3, 0.4) is 0 Å². The highest BCUT2D eigenvalue weighted by molar-refractivity contribution is 8.13. The Morgan fingerprint density at radius 3 is 2.61 bits per heavy atom. The summed E-state index contributed by atoms with van der Waals surface area (Å²) >= 11 is 1.73. The number of hydrogen-bond donors (Lipinski definition) is 1. The molecule has 0 saturated carbocycles. The number of anilines is 1. The number of ether oxygens (including phenoxy) is 1. The van der Waals surface area contributed by atoms with Gasteiger partial charge in [-0.2, -0.15) is 0 Å². The minimum Gasteiger partial charge on any atom is -0.466 e. The van der Waals surface area contributed by atoms with E-state index in [1.54, 1.807) is 11.8 Å². The molecular weight excluding hydrogens is 434 g/mol. The molecule has 2 aliphatic rings. The van der Waals surface area contributed by atoms with Gasteiger partial charge in [0, 0.05) is 24.4 Å². The molecule has 33 heavy (non-hydrogen) atoms. The van der Waals surface area contributed by atoms with Crippen LogP contribution in [0.5, 0.6) is 0 Å². The number of thioether (sulfide) groups is 1. The molecule has 0 spiro atoms. The number of carbonyl (C=O) groups is 2. The van der Waals surface area contributed by atoms with E-state index in [9.17, 15) is 9.59 Å². The fraction of sp³-hybridized carbons (Fsp3) is 0.346. The Morgan fingerprint density at radius 2 is 1.91 bits per heavy atom. The van der Waals surface area contributed by atoms with Crippen molar-refractivity contribution in [3.8, 4) is 0 Å². The maximum absolute atomic E-state index is 12.8. The lowest BCUT2D eigenvalue weighted by Gasteiger charge is -2.40. The number of nitrogens with zero attached hydrogens (tertiary/aromatic N) is 2. The number of aliphatic imine (C=N–C) groups is 1. The molecule has 0 unspecified atom stereocenters. The van der Waals surface area contributed by atoms with Crippen LogP contribution in [0.15, 0.2) is 70.9 Å². The van der Waals surface area contributed by atoms with Gasteiger partial charge >= 0.3 is 5.97 Å². The molecule has 0 aromatic heterocycles. The van der Waals surface area contributed by atoms with E-state index < -0.39 is 0 Å². The number of esters is 1. The molecule has 0 bridgehead atoms. The van der Waals surface area contributed by atoms with Gasteiger partial charge in [0.15, 0.2) is 5.17 Å². The van der Waals surface area contributed by atoms with Gasteiger partial charge in [0.25, 0.3) is 0 Å². The Hall–Kier alpha value is -3.06. The standard InChI is InChI=1S/C26H29N3O3S/c1-3-21-23(25(31)32-2)24(29-16-7-17-33-26(29)28-21)19-11-13-20(14-12-19)27-22(30)15-10-18-8-5-4-6-9-18/h4-6,8-9,11-14,24H,3,7,10,15-17H2,1-2H3,(H,27,30)/t24-/m1/s1. The van der Waals surface area contributed by atoms with Crippen LogP contribution in [0.25, 0.3) is 0 Å². The average Bonchev–Trinajstić information content (AvgIpc) is 2.87. The van der Waals surface area contributed by atoms with E-state index in [0.717, 1.165) is 46.4 Å². The third-order valence-corrected chi connectivity index (χ3v) is 6.96. The van der Waals surface area contributed by atoms with Gasteiger partial charge in [-0.3, -0.25) is 4.79 Å². The predicted octanol–water partition coefficient (Wildman–Crippen LogP) is 4.94. The zero-order valence-electron chi connectivity index (χ0n) is 19.0. The first-order chi connectivity index (χ1) is 16.1. The van der Waals surface area contributed by atoms with Crippen molar-refractivity contribution in [3.05, 3.63) is 77.0 Å². The molecular formula is C26H29N3O3S. The highest BCUT2D eigenvalue weighted by Crippen LogP contribution is 2.40. The summed E-state index contributed by atoms with van der Waals surface area (Å²) in [7, 11) is 1.41. The van der Waals surface area contributed by atoms with Crippen LogP contribution in [0.1, 0.15) is 43.4 Å². The van der Waals surface area contributed by atoms with E-state index >= 15 is 0 Å². The van der Waals surface area contributed by atoms with Crippen LogP contribution in [0, 0.1) is 0 Å². The van der Waals surface area contributed by atoms with Crippen LogP contribution in [-0.4, -0.2) is 41.4 Å². The number of fused-ring (bicyclic) bond motifs is 1. The molecule has 4 rings (SSSR count). The number of rotatable bonds is 7. The fourth-order valence-corrected chi connectivity index (χ4v) is 5.23. The van der Waals surface area contributed by atoms with Crippen molar-refractivity contribution in [2.24, 2.45) is 4.99 Å². The highest BCUT2D eigenvalue weighted by Gasteiger charge is 2.38. The quantitative estimate of drug-likeness (QED) is 0.589. The predicted molar refractivity (Wildman–Crippen MR) is 133 cm³/mol. The summed E-state index contributed by atoms with van der Waals surface area (Å²) in [6, 6.07) is 17.5. The topological polar surface area (TPSA) is 71.0 Å². The molecule has 1 fully saturated rings. The first-order valence-corrected chi connectivity index (χ1v) is 12.3. The minimum absolute atomic E-state index is 0.0189. The number of aryl methyl sites for hydroxylation is 1. The molecule has 0 radical (unpaired) electrons. The van der Waals surface area contributed by atoms with E-state index in [2.05, 4.69) is 10.2 Å². The maximum atomic E-state index is 12.8. The lowest BCUT2D eigenvalue weighted by molar-refractivity contribution is -0.137. The number of nitrogens with one attached hydrogen (secondary N) is 1. The van der Waals surface area contributed by atoms with Crippen LogP contribution < -0.4 is 5.32 Å². The number of amidine groups is 1. The molecule has 2 aromatic carbocycles. The average molecular weight is 464 g/mol. The monoisotopic (exact) mass is 463 g/mol. The highest BCUT2D eigenvalue weighted by atomic mass is 32.2. The second-order valence-electron chi connectivity index (χ2n) is 8.05. The van der Waals surface area contributed by atoms with E-state index in [0.29, 0.717) is 24.8 Å². The number of benzene rings is 2. The Bertz CT molecular complexity index is 1060. The van der Waals surface area contributed by atoms with Crippen molar-refractivity contribution in [2.45, 2.75) is 38.6 Å². The van der Waals surface area contributed by atoms with Crippen LogP contribution >= 0.6 is 11.8 Å². The van der Waals surface area contributed by atoms with Gasteiger partial charge in [-0.25, -0.2) is 9.79 Å². The van der Waals surface area contributed by atoms with Gasteiger partial charge in [0.1, 0.15) is 0 Å². The summed E-state index contributed by atoms with van der Waals surface area (Å²) < 4.78 is 5.14. The summed E-state index contributed by atoms with van der Waals surface area (Å²) in [6.45, 7) is 2.85. The molecule has 0 aliphatic carbocycles. The molecule has 2 heterocycles. The summed E-state index contributed by atoms with van der Waals surface area (Å²) in [4.78, 5) is 32.2. The number of amides is 1. The Balaban J connectivity index is 1.52. The van der Waals surface area contributed by atoms with Crippen molar-refractivity contribution >= 4 is 34.5 Å². The molecule has 1 N–H and O–H groups in total. The summed E-state index contributed by atoms with van der Waals surface area (Å²) in [5, 5.41) is 3.95. The van der Waals surface area contributed by atoms with Gasteiger partial charge in [-0.15, -0.1) is 0 Å². The number of hydrogen-bond acceptors (Lipinski definition) is 6. The lowest BCUT2D eigenvalue weighted by atomic mass is 9.93.